The second kappa shape index (κ2) is 5.77. The van der Waals surface area contributed by atoms with Crippen molar-refractivity contribution in [3.05, 3.63) is 28.8 Å². The predicted octanol–water partition coefficient (Wildman–Crippen LogP) is 0.814. The van der Waals surface area contributed by atoms with E-state index in [2.05, 4.69) is 10.0 Å². The van der Waals surface area contributed by atoms with E-state index in [9.17, 15) is 18.0 Å². The molecule has 2 aliphatic rings. The van der Waals surface area contributed by atoms with Gasteiger partial charge in [-0.1, -0.05) is 11.6 Å². The van der Waals surface area contributed by atoms with Crippen LogP contribution in [0.5, 0.6) is 0 Å². The van der Waals surface area contributed by atoms with Crippen LogP contribution in [-0.4, -0.2) is 50.0 Å². The normalized spacial score (nSPS) is 24.5. The molecule has 0 aliphatic carbocycles. The number of carbonyl (C=O) groups is 2. The number of hydrogen-bond donors (Lipinski definition) is 2. The zero-order valence-corrected chi connectivity index (χ0v) is 13.9. The molecule has 1 saturated heterocycles. The number of carbonyl (C=O) groups excluding carboxylic acids is 2. The Morgan fingerprint density at radius 1 is 1.35 bits per heavy atom. The average Bonchev–Trinajstić information content (AvgIpc) is 2.53. The minimum Gasteiger partial charge on any atom is -0.326 e. The fourth-order valence-electron chi connectivity index (χ4n) is 3.04. The van der Waals surface area contributed by atoms with Crippen LogP contribution in [0.15, 0.2) is 18.2 Å². The highest BCUT2D eigenvalue weighted by atomic mass is 35.5. The topological polar surface area (TPSA) is 95.6 Å². The zero-order valence-electron chi connectivity index (χ0n) is 12.4. The van der Waals surface area contributed by atoms with Gasteiger partial charge in [0.2, 0.25) is 15.9 Å². The lowest BCUT2D eigenvalue weighted by Crippen LogP contribution is -2.54. The van der Waals surface area contributed by atoms with Gasteiger partial charge in [0.15, 0.2) is 0 Å². The van der Waals surface area contributed by atoms with Crippen molar-refractivity contribution < 1.29 is 18.0 Å². The van der Waals surface area contributed by atoms with Crippen molar-refractivity contribution in [1.29, 1.82) is 0 Å². The van der Waals surface area contributed by atoms with Crippen molar-refractivity contribution in [2.75, 3.05) is 18.1 Å². The van der Waals surface area contributed by atoms with E-state index in [1.165, 1.54) is 11.0 Å². The molecule has 2 N–H and O–H groups in total. The maximum absolute atomic E-state index is 12.7. The number of piperidine rings is 1. The summed E-state index contributed by atoms with van der Waals surface area (Å²) in [6.45, 7) is 0.312. The summed E-state index contributed by atoms with van der Waals surface area (Å²) in [6, 6.07) is 3.65. The van der Waals surface area contributed by atoms with Gasteiger partial charge in [0.05, 0.1) is 17.5 Å². The maximum Gasteiger partial charge on any atom is 0.256 e. The monoisotopic (exact) mass is 357 g/mol. The fourth-order valence-corrected chi connectivity index (χ4v) is 4.04. The number of nitrogens with one attached hydrogen (secondary N) is 2. The molecule has 9 heteroatoms. The van der Waals surface area contributed by atoms with Crippen LogP contribution in [0.4, 0.5) is 5.69 Å². The Balaban J connectivity index is 1.90. The molecule has 2 aliphatic heterocycles. The van der Waals surface area contributed by atoms with Crippen LogP contribution in [0.25, 0.3) is 0 Å². The highest BCUT2D eigenvalue weighted by molar-refractivity contribution is 7.88. The fraction of sp³-hybridized carbons (Fsp3) is 0.429. The number of amides is 2. The van der Waals surface area contributed by atoms with E-state index in [1.807, 2.05) is 0 Å². The molecule has 3 rings (SSSR count). The van der Waals surface area contributed by atoms with Gasteiger partial charge in [-0.25, -0.2) is 13.1 Å². The molecule has 7 nitrogen and oxygen atoms in total. The molecular formula is C14H16ClN3O4S. The molecule has 0 radical (unpaired) electrons. The molecule has 2 heterocycles. The quantitative estimate of drug-likeness (QED) is 0.819. The number of nitrogens with zero attached hydrogens (tertiary/aromatic N) is 1. The summed E-state index contributed by atoms with van der Waals surface area (Å²) < 4.78 is 25.3. The Bertz CT molecular complexity index is 780. The predicted molar refractivity (Wildman–Crippen MR) is 85.9 cm³/mol. The van der Waals surface area contributed by atoms with Crippen molar-refractivity contribution in [3.8, 4) is 0 Å². The Morgan fingerprint density at radius 3 is 2.78 bits per heavy atom. The summed E-state index contributed by atoms with van der Waals surface area (Å²) in [5.74, 6) is -0.586. The molecule has 1 fully saturated rings. The summed E-state index contributed by atoms with van der Waals surface area (Å²) >= 11 is 5.92. The number of sulfonamides is 1. The van der Waals surface area contributed by atoms with Crippen LogP contribution in [0.2, 0.25) is 5.02 Å². The van der Waals surface area contributed by atoms with Crippen LogP contribution >= 0.6 is 11.6 Å². The minimum absolute atomic E-state index is 0.242. The van der Waals surface area contributed by atoms with Gasteiger partial charge in [0.1, 0.15) is 6.04 Å². The molecule has 0 unspecified atom stereocenters. The van der Waals surface area contributed by atoms with E-state index < -0.39 is 16.1 Å². The number of hydrogen-bond acceptors (Lipinski definition) is 4. The lowest BCUT2D eigenvalue weighted by molar-refractivity contribution is -0.121. The molecule has 0 spiro atoms. The van der Waals surface area contributed by atoms with Crippen LogP contribution in [0, 0.1) is 0 Å². The lowest BCUT2D eigenvalue weighted by Gasteiger charge is -2.37. The number of anilines is 1. The van der Waals surface area contributed by atoms with E-state index >= 15 is 0 Å². The van der Waals surface area contributed by atoms with Gasteiger partial charge in [-0.05, 0) is 31.0 Å². The molecule has 1 aromatic rings. The maximum atomic E-state index is 12.7. The SMILES string of the molecule is CS(=O)(=O)N[C@@H]1CCN2C(=O)c3ccc(Cl)cc3NC(=O)[C@@H]2C1. The second-order valence-electron chi connectivity index (χ2n) is 5.80. The van der Waals surface area contributed by atoms with Crippen molar-refractivity contribution in [3.63, 3.8) is 0 Å². The molecule has 1 aromatic carbocycles. The zero-order chi connectivity index (χ0) is 16.8. The third-order valence-electron chi connectivity index (χ3n) is 4.02. The first-order valence-electron chi connectivity index (χ1n) is 7.13. The second-order valence-corrected chi connectivity index (χ2v) is 8.02. The average molecular weight is 358 g/mol. The van der Waals surface area contributed by atoms with Crippen molar-refractivity contribution in [2.24, 2.45) is 0 Å². The van der Waals surface area contributed by atoms with E-state index in [1.54, 1.807) is 12.1 Å². The van der Waals surface area contributed by atoms with Crippen LogP contribution in [0.1, 0.15) is 23.2 Å². The van der Waals surface area contributed by atoms with Crippen LogP contribution in [0.3, 0.4) is 0 Å². The minimum atomic E-state index is -3.36. The highest BCUT2D eigenvalue weighted by Crippen LogP contribution is 2.30. The number of benzene rings is 1. The smallest absolute Gasteiger partial charge is 0.256 e. The van der Waals surface area contributed by atoms with Gasteiger partial charge in [-0.2, -0.15) is 0 Å². The number of halogens is 1. The van der Waals surface area contributed by atoms with Gasteiger partial charge in [0, 0.05) is 17.6 Å². The highest BCUT2D eigenvalue weighted by Gasteiger charge is 2.40. The molecule has 124 valence electrons. The third-order valence-corrected chi connectivity index (χ3v) is 5.01. The molecule has 0 aromatic heterocycles. The van der Waals surface area contributed by atoms with Gasteiger partial charge in [-0.15, -0.1) is 0 Å². The Morgan fingerprint density at radius 2 is 2.09 bits per heavy atom. The van der Waals surface area contributed by atoms with E-state index in [0.717, 1.165) is 6.26 Å². The Kier molecular flexibility index (Phi) is 4.07. The van der Waals surface area contributed by atoms with Crippen molar-refractivity contribution in [2.45, 2.75) is 24.9 Å². The summed E-state index contributed by atoms with van der Waals surface area (Å²) in [5, 5.41) is 3.14. The first-order chi connectivity index (χ1) is 10.7. The van der Waals surface area contributed by atoms with Gasteiger partial charge in [0.25, 0.3) is 5.91 Å². The Labute approximate surface area is 139 Å². The van der Waals surface area contributed by atoms with Crippen molar-refractivity contribution in [1.82, 2.24) is 9.62 Å². The summed E-state index contributed by atoms with van der Waals surface area (Å²) in [6.07, 6.45) is 1.79. The largest absolute Gasteiger partial charge is 0.326 e. The number of fused-ring (bicyclic) bond motifs is 2. The molecular weight excluding hydrogens is 342 g/mol. The summed E-state index contributed by atoms with van der Waals surface area (Å²) in [5.41, 5.74) is 0.772. The van der Waals surface area contributed by atoms with Crippen molar-refractivity contribution >= 4 is 39.1 Å². The third kappa shape index (κ3) is 3.34. The lowest BCUT2D eigenvalue weighted by atomic mass is 9.97. The molecule has 23 heavy (non-hydrogen) atoms. The van der Waals surface area contributed by atoms with E-state index in [-0.39, 0.29) is 24.3 Å². The first-order valence-corrected chi connectivity index (χ1v) is 9.40. The van der Waals surface area contributed by atoms with E-state index in [4.69, 9.17) is 11.6 Å². The summed E-state index contributed by atoms with van der Waals surface area (Å²) in [4.78, 5) is 26.6. The van der Waals surface area contributed by atoms with E-state index in [0.29, 0.717) is 29.2 Å². The molecule has 0 saturated carbocycles. The van der Waals surface area contributed by atoms with Gasteiger partial charge in [-0.3, -0.25) is 9.59 Å². The standard InChI is InChI=1S/C14H16ClN3O4S/c1-23(21,22)17-9-4-5-18-12(7-9)13(19)16-11-6-8(15)2-3-10(11)14(18)20/h2-3,6,9,12,17H,4-5,7H2,1H3,(H,16,19)/t9-,12+/m1/s1. The summed E-state index contributed by atoms with van der Waals surface area (Å²) in [7, 11) is -3.36. The van der Waals surface area contributed by atoms with Gasteiger partial charge >= 0.3 is 0 Å². The molecule has 2 atom stereocenters. The molecule has 2 amide bonds. The van der Waals surface area contributed by atoms with Crippen LogP contribution < -0.4 is 10.0 Å². The van der Waals surface area contributed by atoms with Crippen LogP contribution in [-0.2, 0) is 14.8 Å². The Hall–Kier alpha value is -1.64. The first kappa shape index (κ1) is 16.2. The molecule has 0 bridgehead atoms. The number of rotatable bonds is 2. The van der Waals surface area contributed by atoms with Gasteiger partial charge < -0.3 is 10.2 Å².